The summed E-state index contributed by atoms with van der Waals surface area (Å²) < 4.78 is 21.5. The van der Waals surface area contributed by atoms with E-state index in [-0.39, 0.29) is 5.41 Å². The smallest absolute Gasteiger partial charge is 0.407 e. The van der Waals surface area contributed by atoms with Crippen LogP contribution >= 0.6 is 27.3 Å². The van der Waals surface area contributed by atoms with Crippen LogP contribution in [0.15, 0.2) is 46.9 Å². The Morgan fingerprint density at radius 3 is 2.61 bits per heavy atom. The molecule has 1 N–H and O–H groups in total. The molecule has 0 radical (unpaired) electrons. The van der Waals surface area contributed by atoms with Gasteiger partial charge in [-0.15, -0.1) is 10.2 Å². The van der Waals surface area contributed by atoms with Gasteiger partial charge >= 0.3 is 6.09 Å². The molecule has 2 fully saturated rings. The monoisotopic (exact) mass is 532 g/mol. The first kappa shape index (κ1) is 22.1. The topological polar surface area (TPSA) is 78.8 Å². The second kappa shape index (κ2) is 8.90. The van der Waals surface area contributed by atoms with E-state index < -0.39 is 11.9 Å². The minimum absolute atomic E-state index is 0.130. The van der Waals surface area contributed by atoms with Crippen LogP contribution in [0.4, 0.5) is 14.3 Å². The van der Waals surface area contributed by atoms with E-state index in [4.69, 9.17) is 9.84 Å². The third kappa shape index (κ3) is 4.54. The van der Waals surface area contributed by atoms with Crippen LogP contribution < -0.4 is 9.64 Å². The Hall–Kier alpha value is -2.72. The zero-order chi connectivity index (χ0) is 23.0. The van der Waals surface area contributed by atoms with Crippen molar-refractivity contribution in [1.29, 1.82) is 0 Å². The highest BCUT2D eigenvalue weighted by Gasteiger charge is 2.46. The number of aromatic nitrogens is 2. The summed E-state index contributed by atoms with van der Waals surface area (Å²) in [7, 11) is 0. The molecule has 2 aliphatic rings. The molecule has 1 spiro atoms. The highest BCUT2D eigenvalue weighted by molar-refractivity contribution is 9.10. The van der Waals surface area contributed by atoms with Gasteiger partial charge < -0.3 is 19.6 Å². The lowest BCUT2D eigenvalue weighted by atomic mass is 9.72. The van der Waals surface area contributed by atoms with Gasteiger partial charge in [0.15, 0.2) is 5.01 Å². The fourth-order valence-electron chi connectivity index (χ4n) is 4.44. The number of carboxylic acid groups (broad SMARTS) is 1. The summed E-state index contributed by atoms with van der Waals surface area (Å²) in [6, 6.07) is 12.9. The fourth-order valence-corrected chi connectivity index (χ4v) is 5.74. The number of anilines is 1. The Morgan fingerprint density at radius 1 is 1.18 bits per heavy atom. The number of benzene rings is 2. The second-order valence-corrected chi connectivity index (χ2v) is 10.4. The van der Waals surface area contributed by atoms with Crippen molar-refractivity contribution in [2.75, 3.05) is 31.1 Å². The van der Waals surface area contributed by atoms with Crippen LogP contribution in [0.5, 0.6) is 5.75 Å². The van der Waals surface area contributed by atoms with Gasteiger partial charge in [-0.2, -0.15) is 0 Å². The molecule has 3 aromatic rings. The Bertz CT molecular complexity index is 1160. The molecule has 1 aromatic heterocycles. The summed E-state index contributed by atoms with van der Waals surface area (Å²) >= 11 is 4.69. The first-order chi connectivity index (χ1) is 15.9. The van der Waals surface area contributed by atoms with Crippen LogP contribution in [-0.4, -0.2) is 52.5 Å². The van der Waals surface area contributed by atoms with Crippen LogP contribution in [-0.2, 0) is 6.61 Å². The molecule has 10 heteroatoms. The molecule has 33 heavy (non-hydrogen) atoms. The largest absolute Gasteiger partial charge is 0.488 e. The zero-order valence-electron chi connectivity index (χ0n) is 17.7. The molecular weight excluding hydrogens is 511 g/mol. The number of carbonyl (C=O) groups is 1. The van der Waals surface area contributed by atoms with Gasteiger partial charge in [-0.05, 0) is 30.5 Å². The van der Waals surface area contributed by atoms with Crippen molar-refractivity contribution in [3.63, 3.8) is 0 Å². The van der Waals surface area contributed by atoms with Gasteiger partial charge in [0, 0.05) is 36.1 Å². The standard InChI is InChI=1S/C23H22BrFN4O3S/c24-16-10-17(25)19(18(11-16)32-12-15-4-2-1-3-5-15)20-26-27-21(33-20)29-13-23(14-29)6-8-28(9-7-23)22(30)31/h1-5,10-11H,6-9,12-14H2,(H,30,31). The number of amides is 1. The molecule has 0 saturated carbocycles. The molecule has 0 bridgehead atoms. The van der Waals surface area contributed by atoms with E-state index in [0.717, 1.165) is 36.6 Å². The van der Waals surface area contributed by atoms with Gasteiger partial charge in [0.05, 0.1) is 5.56 Å². The number of nitrogens with zero attached hydrogens (tertiary/aromatic N) is 4. The average molecular weight is 533 g/mol. The molecule has 2 aliphatic heterocycles. The van der Waals surface area contributed by atoms with Gasteiger partial charge in [-0.1, -0.05) is 57.6 Å². The van der Waals surface area contributed by atoms with Crippen molar-refractivity contribution in [3.8, 4) is 16.3 Å². The van der Waals surface area contributed by atoms with Gasteiger partial charge in [0.2, 0.25) is 5.13 Å². The Labute approximate surface area is 202 Å². The van der Waals surface area contributed by atoms with Crippen LogP contribution in [0.3, 0.4) is 0 Å². The van der Waals surface area contributed by atoms with Gasteiger partial charge in [0.1, 0.15) is 18.2 Å². The number of halogens is 2. The predicted molar refractivity (Wildman–Crippen MR) is 127 cm³/mol. The molecule has 7 nitrogen and oxygen atoms in total. The number of likely N-dealkylation sites (tertiary alicyclic amines) is 1. The number of hydrogen-bond donors (Lipinski definition) is 1. The van der Waals surface area contributed by atoms with E-state index in [0.29, 0.717) is 40.5 Å². The molecule has 3 heterocycles. The molecule has 5 rings (SSSR count). The third-order valence-corrected chi connectivity index (χ3v) is 7.76. The maximum atomic E-state index is 15.0. The van der Waals surface area contributed by atoms with E-state index >= 15 is 0 Å². The maximum Gasteiger partial charge on any atom is 0.407 e. The second-order valence-electron chi connectivity index (χ2n) is 8.55. The number of hydrogen-bond acceptors (Lipinski definition) is 6. The molecule has 2 aromatic carbocycles. The van der Waals surface area contributed by atoms with Gasteiger partial charge in [-0.3, -0.25) is 0 Å². The van der Waals surface area contributed by atoms with Crippen molar-refractivity contribution in [2.45, 2.75) is 19.4 Å². The van der Waals surface area contributed by atoms with E-state index in [1.165, 1.54) is 22.3 Å². The summed E-state index contributed by atoms with van der Waals surface area (Å²) in [4.78, 5) is 14.8. The number of ether oxygens (including phenoxy) is 1. The van der Waals surface area contributed by atoms with Crippen LogP contribution in [0, 0.1) is 11.2 Å². The average Bonchev–Trinajstić information content (AvgIpc) is 3.25. The quantitative estimate of drug-likeness (QED) is 0.482. The van der Waals surface area contributed by atoms with Crippen molar-refractivity contribution in [2.24, 2.45) is 5.41 Å². The Kier molecular flexibility index (Phi) is 5.96. The van der Waals surface area contributed by atoms with E-state index in [1.54, 1.807) is 6.07 Å². The minimum Gasteiger partial charge on any atom is -0.488 e. The minimum atomic E-state index is -0.850. The van der Waals surface area contributed by atoms with Gasteiger partial charge in [0.25, 0.3) is 0 Å². The molecular formula is C23H22BrFN4O3S. The van der Waals surface area contributed by atoms with Crippen molar-refractivity contribution in [3.05, 3.63) is 58.3 Å². The highest BCUT2D eigenvalue weighted by atomic mass is 79.9. The molecule has 0 unspecified atom stereocenters. The van der Waals surface area contributed by atoms with Gasteiger partial charge in [-0.25, -0.2) is 9.18 Å². The van der Waals surface area contributed by atoms with E-state index in [9.17, 15) is 9.18 Å². The summed E-state index contributed by atoms with van der Waals surface area (Å²) in [5.74, 6) is -0.00851. The van der Waals surface area contributed by atoms with Crippen LogP contribution in [0.2, 0.25) is 0 Å². The van der Waals surface area contributed by atoms with Crippen molar-refractivity contribution >= 4 is 38.5 Å². The molecule has 172 valence electrons. The number of piperidine rings is 1. The first-order valence-electron chi connectivity index (χ1n) is 10.6. The predicted octanol–water partition coefficient (Wildman–Crippen LogP) is 5.27. The Morgan fingerprint density at radius 2 is 1.91 bits per heavy atom. The summed E-state index contributed by atoms with van der Waals surface area (Å²) in [6.45, 7) is 3.08. The highest BCUT2D eigenvalue weighted by Crippen LogP contribution is 2.45. The summed E-state index contributed by atoms with van der Waals surface area (Å²) in [6.07, 6.45) is 0.845. The summed E-state index contributed by atoms with van der Waals surface area (Å²) in [5.41, 5.74) is 1.43. The fraction of sp³-hybridized carbons (Fsp3) is 0.348. The molecule has 0 atom stereocenters. The van der Waals surface area contributed by atoms with Crippen LogP contribution in [0.1, 0.15) is 18.4 Å². The lowest BCUT2D eigenvalue weighted by Crippen LogP contribution is -2.60. The number of rotatable bonds is 5. The normalized spacial score (nSPS) is 17.2. The van der Waals surface area contributed by atoms with E-state index in [2.05, 4.69) is 31.0 Å². The zero-order valence-corrected chi connectivity index (χ0v) is 20.1. The maximum absolute atomic E-state index is 15.0. The van der Waals surface area contributed by atoms with Crippen LogP contribution in [0.25, 0.3) is 10.6 Å². The third-order valence-electron chi connectivity index (χ3n) is 6.30. The first-order valence-corrected chi connectivity index (χ1v) is 12.3. The molecule has 0 aliphatic carbocycles. The Balaban J connectivity index is 1.30. The lowest BCUT2D eigenvalue weighted by molar-refractivity contribution is 0.0710. The van der Waals surface area contributed by atoms with Crippen molar-refractivity contribution in [1.82, 2.24) is 15.1 Å². The van der Waals surface area contributed by atoms with Crippen molar-refractivity contribution < 1.29 is 19.0 Å². The molecule has 1 amide bonds. The summed E-state index contributed by atoms with van der Waals surface area (Å²) in [5, 5.41) is 19.0. The molecule has 2 saturated heterocycles. The lowest BCUT2D eigenvalue weighted by Gasteiger charge is -2.53. The SMILES string of the molecule is O=C(O)N1CCC2(CC1)CN(c1nnc(-c3c(F)cc(Br)cc3OCc3ccccc3)s1)C2. The van der Waals surface area contributed by atoms with E-state index in [1.807, 2.05) is 30.3 Å².